The minimum Gasteiger partial charge on any atom is -0.396 e. The third-order valence-electron chi connectivity index (χ3n) is 3.58. The predicted octanol–water partition coefficient (Wildman–Crippen LogP) is 2.29. The van der Waals surface area contributed by atoms with Gasteiger partial charge in [-0.15, -0.1) is 0 Å². The molecule has 1 aromatic rings. The lowest BCUT2D eigenvalue weighted by atomic mass is 9.95. The molecular weight excluding hydrogens is 250 g/mol. The highest BCUT2D eigenvalue weighted by Crippen LogP contribution is 2.28. The molecule has 1 aromatic heterocycles. The largest absolute Gasteiger partial charge is 0.396 e. The van der Waals surface area contributed by atoms with Crippen LogP contribution in [0.15, 0.2) is 6.33 Å². The lowest BCUT2D eigenvalue weighted by Crippen LogP contribution is -2.37. The van der Waals surface area contributed by atoms with Gasteiger partial charge in [0, 0.05) is 25.3 Å². The molecule has 1 aliphatic heterocycles. The minimum absolute atomic E-state index is 0.268. The Bertz CT molecular complexity index is 398. The fourth-order valence-corrected chi connectivity index (χ4v) is 2.90. The van der Waals surface area contributed by atoms with Gasteiger partial charge in [0.2, 0.25) is 0 Å². The SMILES string of the molecule is CCc1c(Cl)ncnc1N1CCCC(CCO)C1. The van der Waals surface area contributed by atoms with Gasteiger partial charge in [0.05, 0.1) is 0 Å². The van der Waals surface area contributed by atoms with Crippen LogP contribution in [0.4, 0.5) is 5.82 Å². The van der Waals surface area contributed by atoms with Gasteiger partial charge in [-0.25, -0.2) is 9.97 Å². The van der Waals surface area contributed by atoms with E-state index in [9.17, 15) is 0 Å². The Morgan fingerprint density at radius 2 is 2.33 bits per heavy atom. The van der Waals surface area contributed by atoms with Crippen molar-refractivity contribution in [2.75, 3.05) is 24.6 Å². The monoisotopic (exact) mass is 269 g/mol. The summed E-state index contributed by atoms with van der Waals surface area (Å²) in [6.07, 6.45) is 5.59. The minimum atomic E-state index is 0.268. The number of nitrogens with zero attached hydrogens (tertiary/aromatic N) is 3. The van der Waals surface area contributed by atoms with E-state index in [1.165, 1.54) is 12.7 Å². The molecule has 1 saturated heterocycles. The normalized spacial score (nSPS) is 20.2. The first-order valence-corrected chi connectivity index (χ1v) is 6.99. The Kier molecular flexibility index (Phi) is 4.78. The quantitative estimate of drug-likeness (QED) is 0.852. The van der Waals surface area contributed by atoms with Gasteiger partial charge in [-0.1, -0.05) is 18.5 Å². The Morgan fingerprint density at radius 1 is 1.50 bits per heavy atom. The fraction of sp³-hybridized carbons (Fsp3) is 0.692. The highest BCUT2D eigenvalue weighted by molar-refractivity contribution is 6.30. The van der Waals surface area contributed by atoms with Gasteiger partial charge in [0.1, 0.15) is 17.3 Å². The van der Waals surface area contributed by atoms with Crippen molar-refractivity contribution in [3.63, 3.8) is 0 Å². The van der Waals surface area contributed by atoms with E-state index in [0.29, 0.717) is 11.1 Å². The number of aromatic nitrogens is 2. The number of anilines is 1. The number of hydrogen-bond acceptors (Lipinski definition) is 4. The van der Waals surface area contributed by atoms with Crippen LogP contribution in [0, 0.1) is 5.92 Å². The van der Waals surface area contributed by atoms with Gasteiger partial charge in [-0.05, 0) is 31.6 Å². The summed E-state index contributed by atoms with van der Waals surface area (Å²) in [4.78, 5) is 10.7. The smallest absolute Gasteiger partial charge is 0.137 e. The highest BCUT2D eigenvalue weighted by Gasteiger charge is 2.23. The first-order valence-electron chi connectivity index (χ1n) is 6.61. The van der Waals surface area contributed by atoms with E-state index in [-0.39, 0.29) is 6.61 Å². The molecule has 4 nitrogen and oxygen atoms in total. The Labute approximate surface area is 113 Å². The van der Waals surface area contributed by atoms with Crippen molar-refractivity contribution in [1.29, 1.82) is 0 Å². The lowest BCUT2D eigenvalue weighted by Gasteiger charge is -2.34. The van der Waals surface area contributed by atoms with E-state index in [1.54, 1.807) is 0 Å². The molecule has 0 bridgehead atoms. The summed E-state index contributed by atoms with van der Waals surface area (Å²) in [5.41, 5.74) is 1.03. The van der Waals surface area contributed by atoms with E-state index in [0.717, 1.165) is 43.7 Å². The van der Waals surface area contributed by atoms with E-state index in [4.69, 9.17) is 16.7 Å². The second kappa shape index (κ2) is 6.34. The molecule has 1 fully saturated rings. The number of piperidine rings is 1. The first kappa shape index (κ1) is 13.6. The van der Waals surface area contributed by atoms with Gasteiger partial charge in [0.15, 0.2) is 0 Å². The third-order valence-corrected chi connectivity index (χ3v) is 3.91. The van der Waals surface area contributed by atoms with Crippen molar-refractivity contribution in [2.24, 2.45) is 5.92 Å². The van der Waals surface area contributed by atoms with Crippen LogP contribution in [0.1, 0.15) is 31.7 Å². The Hall–Kier alpha value is -0.870. The van der Waals surface area contributed by atoms with Crippen LogP contribution in [0.3, 0.4) is 0 Å². The van der Waals surface area contributed by atoms with Crippen LogP contribution in [-0.4, -0.2) is 34.8 Å². The molecule has 0 amide bonds. The van der Waals surface area contributed by atoms with Gasteiger partial charge in [-0.2, -0.15) is 0 Å². The Balaban J connectivity index is 2.18. The average molecular weight is 270 g/mol. The zero-order valence-corrected chi connectivity index (χ0v) is 11.5. The highest BCUT2D eigenvalue weighted by atomic mass is 35.5. The van der Waals surface area contributed by atoms with E-state index >= 15 is 0 Å². The van der Waals surface area contributed by atoms with Gasteiger partial charge in [0.25, 0.3) is 0 Å². The molecule has 18 heavy (non-hydrogen) atoms. The second-order valence-corrected chi connectivity index (χ2v) is 5.14. The van der Waals surface area contributed by atoms with Crippen LogP contribution >= 0.6 is 11.6 Å². The zero-order valence-electron chi connectivity index (χ0n) is 10.8. The number of hydrogen-bond donors (Lipinski definition) is 1. The van der Waals surface area contributed by atoms with Crippen molar-refractivity contribution in [2.45, 2.75) is 32.6 Å². The summed E-state index contributed by atoms with van der Waals surface area (Å²) in [5, 5.41) is 9.62. The van der Waals surface area contributed by atoms with Crippen molar-refractivity contribution >= 4 is 17.4 Å². The van der Waals surface area contributed by atoms with Crippen LogP contribution in [-0.2, 0) is 6.42 Å². The average Bonchev–Trinajstić information content (AvgIpc) is 2.39. The fourth-order valence-electron chi connectivity index (χ4n) is 2.63. The first-order chi connectivity index (χ1) is 8.76. The lowest BCUT2D eigenvalue weighted by molar-refractivity contribution is 0.244. The number of aliphatic hydroxyl groups is 1. The van der Waals surface area contributed by atoms with Crippen LogP contribution in [0.5, 0.6) is 0 Å². The zero-order chi connectivity index (χ0) is 13.0. The van der Waals surface area contributed by atoms with Gasteiger partial charge >= 0.3 is 0 Å². The molecule has 1 unspecified atom stereocenters. The van der Waals surface area contributed by atoms with Crippen molar-refractivity contribution < 1.29 is 5.11 Å². The van der Waals surface area contributed by atoms with Gasteiger partial charge < -0.3 is 10.0 Å². The standard InChI is InChI=1S/C13H20ClN3O/c1-2-11-12(14)15-9-16-13(11)17-6-3-4-10(8-17)5-7-18/h9-10,18H,2-8H2,1H3. The Morgan fingerprint density at radius 3 is 3.06 bits per heavy atom. The molecule has 2 heterocycles. The summed E-state index contributed by atoms with van der Waals surface area (Å²) < 4.78 is 0. The summed E-state index contributed by atoms with van der Waals surface area (Å²) >= 11 is 6.13. The third kappa shape index (κ3) is 2.93. The summed E-state index contributed by atoms with van der Waals surface area (Å²) in [7, 11) is 0. The molecule has 100 valence electrons. The second-order valence-electron chi connectivity index (χ2n) is 4.79. The number of halogens is 1. The molecule has 1 atom stereocenters. The molecule has 0 saturated carbocycles. The number of aliphatic hydroxyl groups excluding tert-OH is 1. The molecule has 0 radical (unpaired) electrons. The molecule has 0 aromatic carbocycles. The molecule has 1 N–H and O–H groups in total. The summed E-state index contributed by atoms with van der Waals surface area (Å²) in [6.45, 7) is 4.32. The van der Waals surface area contributed by atoms with Crippen molar-refractivity contribution in [3.8, 4) is 0 Å². The number of rotatable bonds is 4. The molecule has 0 aliphatic carbocycles. The molecule has 5 heteroatoms. The predicted molar refractivity (Wildman–Crippen MR) is 73.1 cm³/mol. The maximum absolute atomic E-state index is 9.05. The topological polar surface area (TPSA) is 49.2 Å². The van der Waals surface area contributed by atoms with E-state index in [2.05, 4.69) is 21.8 Å². The maximum atomic E-state index is 9.05. The summed E-state index contributed by atoms with van der Waals surface area (Å²) in [5.74, 6) is 1.53. The van der Waals surface area contributed by atoms with Crippen LogP contribution < -0.4 is 4.90 Å². The molecule has 2 rings (SSSR count). The van der Waals surface area contributed by atoms with Crippen LogP contribution in [0.2, 0.25) is 5.15 Å². The molecular formula is C13H20ClN3O. The van der Waals surface area contributed by atoms with Gasteiger partial charge in [-0.3, -0.25) is 0 Å². The molecule has 0 spiro atoms. The van der Waals surface area contributed by atoms with Crippen molar-refractivity contribution in [1.82, 2.24) is 9.97 Å². The van der Waals surface area contributed by atoms with E-state index in [1.807, 2.05) is 0 Å². The maximum Gasteiger partial charge on any atom is 0.137 e. The van der Waals surface area contributed by atoms with E-state index < -0.39 is 0 Å². The molecule has 1 aliphatic rings. The van der Waals surface area contributed by atoms with Crippen molar-refractivity contribution in [3.05, 3.63) is 17.0 Å². The summed E-state index contributed by atoms with van der Waals surface area (Å²) in [6, 6.07) is 0. The van der Waals surface area contributed by atoms with Crippen LogP contribution in [0.25, 0.3) is 0 Å².